The van der Waals surface area contributed by atoms with E-state index in [0.29, 0.717) is 0 Å². The van der Waals surface area contributed by atoms with E-state index in [1.54, 1.807) is 24.5 Å². The Kier molecular flexibility index (Phi) is 1.48. The second kappa shape index (κ2) is 2.61. The molecule has 60 valence electrons. The Labute approximate surface area is 67.7 Å². The van der Waals surface area contributed by atoms with E-state index in [-0.39, 0.29) is 5.69 Å². The van der Waals surface area contributed by atoms with E-state index in [1.807, 2.05) is 0 Å². The molecule has 0 unspecified atom stereocenters. The van der Waals surface area contributed by atoms with Gasteiger partial charge in [-0.2, -0.15) is 4.98 Å². The van der Waals surface area contributed by atoms with Crippen molar-refractivity contribution in [2.24, 2.45) is 0 Å². The fourth-order valence-electron chi connectivity index (χ4n) is 0.907. The van der Waals surface area contributed by atoms with E-state index < -0.39 is 0 Å². The van der Waals surface area contributed by atoms with Crippen molar-refractivity contribution < 1.29 is 0 Å². The first kappa shape index (κ1) is 6.78. The summed E-state index contributed by atoms with van der Waals surface area (Å²) < 4.78 is 1.53. The van der Waals surface area contributed by atoms with Crippen molar-refractivity contribution >= 4 is 0 Å². The molecule has 0 fully saturated rings. The second-order valence-corrected chi connectivity index (χ2v) is 2.24. The SMILES string of the molecule is O=c1ncn(-c2ccncc2)[nH]1. The molecule has 0 aliphatic carbocycles. The summed E-state index contributed by atoms with van der Waals surface area (Å²) in [7, 11) is 0. The smallest absolute Gasteiger partial charge is 0.265 e. The van der Waals surface area contributed by atoms with Gasteiger partial charge in [0.2, 0.25) is 0 Å². The predicted octanol–water partition coefficient (Wildman–Crippen LogP) is -0.0444. The van der Waals surface area contributed by atoms with Gasteiger partial charge >= 0.3 is 5.69 Å². The monoisotopic (exact) mass is 162 g/mol. The summed E-state index contributed by atoms with van der Waals surface area (Å²) in [5, 5.41) is 2.51. The van der Waals surface area contributed by atoms with Crippen LogP contribution in [-0.4, -0.2) is 19.7 Å². The number of pyridine rings is 1. The molecular formula is C7H6N4O. The topological polar surface area (TPSA) is 63.6 Å². The van der Waals surface area contributed by atoms with Crippen molar-refractivity contribution in [3.8, 4) is 5.69 Å². The maximum Gasteiger partial charge on any atom is 0.361 e. The molecule has 0 saturated heterocycles. The number of nitrogens with zero attached hydrogens (tertiary/aromatic N) is 3. The Hall–Kier alpha value is -1.91. The molecule has 0 amide bonds. The fourth-order valence-corrected chi connectivity index (χ4v) is 0.907. The van der Waals surface area contributed by atoms with Crippen LogP contribution in [0.25, 0.3) is 5.69 Å². The highest BCUT2D eigenvalue weighted by Gasteiger charge is 1.94. The summed E-state index contributed by atoms with van der Waals surface area (Å²) >= 11 is 0. The van der Waals surface area contributed by atoms with Gasteiger partial charge in [-0.3, -0.25) is 4.98 Å². The zero-order valence-electron chi connectivity index (χ0n) is 6.14. The molecule has 5 nitrogen and oxygen atoms in total. The lowest BCUT2D eigenvalue weighted by atomic mass is 10.4. The number of rotatable bonds is 1. The van der Waals surface area contributed by atoms with E-state index in [2.05, 4.69) is 15.1 Å². The molecule has 12 heavy (non-hydrogen) atoms. The molecule has 0 spiro atoms. The van der Waals surface area contributed by atoms with E-state index in [0.717, 1.165) is 5.69 Å². The Morgan fingerprint density at radius 3 is 2.67 bits per heavy atom. The van der Waals surface area contributed by atoms with E-state index >= 15 is 0 Å². The first-order valence-corrected chi connectivity index (χ1v) is 3.40. The molecular weight excluding hydrogens is 156 g/mol. The minimum atomic E-state index is -0.355. The maximum atomic E-state index is 10.7. The quantitative estimate of drug-likeness (QED) is 0.639. The largest absolute Gasteiger partial charge is 0.361 e. The van der Waals surface area contributed by atoms with Crippen LogP contribution in [-0.2, 0) is 0 Å². The van der Waals surface area contributed by atoms with Crippen molar-refractivity contribution in [3.05, 3.63) is 41.3 Å². The van der Waals surface area contributed by atoms with Gasteiger partial charge < -0.3 is 0 Å². The second-order valence-electron chi connectivity index (χ2n) is 2.24. The molecule has 0 bridgehead atoms. The van der Waals surface area contributed by atoms with Gasteiger partial charge in [0.05, 0.1) is 5.69 Å². The van der Waals surface area contributed by atoms with E-state index in [9.17, 15) is 4.79 Å². The lowest BCUT2D eigenvalue weighted by Gasteiger charge is -1.97. The van der Waals surface area contributed by atoms with Crippen LogP contribution in [0.2, 0.25) is 0 Å². The van der Waals surface area contributed by atoms with Gasteiger partial charge in [-0.05, 0) is 12.1 Å². The Morgan fingerprint density at radius 1 is 1.33 bits per heavy atom. The van der Waals surface area contributed by atoms with Gasteiger partial charge in [0.1, 0.15) is 6.33 Å². The molecule has 0 radical (unpaired) electrons. The number of nitrogens with one attached hydrogen (secondary N) is 1. The van der Waals surface area contributed by atoms with Crippen molar-refractivity contribution in [1.82, 2.24) is 19.7 Å². The highest BCUT2D eigenvalue weighted by Crippen LogP contribution is 1.99. The minimum Gasteiger partial charge on any atom is -0.265 e. The Balaban J connectivity index is 2.51. The summed E-state index contributed by atoms with van der Waals surface area (Å²) in [5.74, 6) is 0. The average Bonchev–Trinajstić information content (AvgIpc) is 2.54. The Bertz CT molecular complexity index is 416. The van der Waals surface area contributed by atoms with Crippen LogP contribution in [0, 0.1) is 0 Å². The summed E-state index contributed by atoms with van der Waals surface area (Å²) in [5.41, 5.74) is 0.478. The number of aromatic nitrogens is 4. The minimum absolute atomic E-state index is 0.355. The van der Waals surface area contributed by atoms with Crippen LogP contribution in [0.4, 0.5) is 0 Å². The summed E-state index contributed by atoms with van der Waals surface area (Å²) in [6.45, 7) is 0. The number of aromatic amines is 1. The van der Waals surface area contributed by atoms with Gasteiger partial charge in [-0.25, -0.2) is 14.6 Å². The summed E-state index contributed by atoms with van der Waals surface area (Å²) in [6, 6.07) is 3.55. The molecule has 0 aliphatic rings. The lowest BCUT2D eigenvalue weighted by Crippen LogP contribution is -2.04. The van der Waals surface area contributed by atoms with Crippen molar-refractivity contribution in [2.45, 2.75) is 0 Å². The van der Waals surface area contributed by atoms with Crippen LogP contribution in [0.3, 0.4) is 0 Å². The van der Waals surface area contributed by atoms with Crippen LogP contribution in [0.15, 0.2) is 35.6 Å². The van der Waals surface area contributed by atoms with Crippen LogP contribution >= 0.6 is 0 Å². The highest BCUT2D eigenvalue weighted by molar-refractivity contribution is 5.25. The van der Waals surface area contributed by atoms with Crippen LogP contribution < -0.4 is 5.69 Å². The molecule has 1 N–H and O–H groups in total. The van der Waals surface area contributed by atoms with Gasteiger partial charge in [0, 0.05) is 12.4 Å². The molecule has 2 aromatic rings. The molecule has 0 aromatic carbocycles. The van der Waals surface area contributed by atoms with Gasteiger partial charge in [0.15, 0.2) is 0 Å². The summed E-state index contributed by atoms with van der Waals surface area (Å²) in [4.78, 5) is 18.0. The van der Waals surface area contributed by atoms with Gasteiger partial charge in [-0.1, -0.05) is 0 Å². The maximum absolute atomic E-state index is 10.7. The van der Waals surface area contributed by atoms with E-state index in [4.69, 9.17) is 0 Å². The summed E-state index contributed by atoms with van der Waals surface area (Å²) in [6.07, 6.45) is 4.72. The molecule has 0 atom stereocenters. The molecule has 2 aromatic heterocycles. The van der Waals surface area contributed by atoms with Crippen LogP contribution in [0.5, 0.6) is 0 Å². The predicted molar refractivity (Wildman–Crippen MR) is 42.0 cm³/mol. The molecule has 2 heterocycles. The van der Waals surface area contributed by atoms with Crippen molar-refractivity contribution in [2.75, 3.05) is 0 Å². The third kappa shape index (κ3) is 1.12. The third-order valence-corrected chi connectivity index (χ3v) is 1.45. The lowest BCUT2D eigenvalue weighted by molar-refractivity contribution is 0.861. The average molecular weight is 162 g/mol. The zero-order valence-corrected chi connectivity index (χ0v) is 6.14. The highest BCUT2D eigenvalue weighted by atomic mass is 16.1. The molecule has 2 rings (SSSR count). The van der Waals surface area contributed by atoms with Crippen molar-refractivity contribution in [3.63, 3.8) is 0 Å². The molecule has 5 heteroatoms. The Morgan fingerprint density at radius 2 is 2.08 bits per heavy atom. The number of H-pyrrole nitrogens is 1. The zero-order chi connectivity index (χ0) is 8.39. The molecule has 0 aliphatic heterocycles. The number of hydrogen-bond acceptors (Lipinski definition) is 3. The fraction of sp³-hybridized carbons (Fsp3) is 0. The first-order chi connectivity index (χ1) is 5.86. The third-order valence-electron chi connectivity index (χ3n) is 1.45. The van der Waals surface area contributed by atoms with Crippen LogP contribution in [0.1, 0.15) is 0 Å². The van der Waals surface area contributed by atoms with E-state index in [1.165, 1.54) is 11.0 Å². The van der Waals surface area contributed by atoms with Gasteiger partial charge in [0.25, 0.3) is 0 Å². The normalized spacial score (nSPS) is 10.0. The van der Waals surface area contributed by atoms with Gasteiger partial charge in [-0.15, -0.1) is 0 Å². The molecule has 0 saturated carbocycles. The first-order valence-electron chi connectivity index (χ1n) is 3.40. The standard InChI is InChI=1S/C7H6N4O/c12-7-9-5-11(10-7)6-1-3-8-4-2-6/h1-5H,(H,10,12). The van der Waals surface area contributed by atoms with Crippen molar-refractivity contribution in [1.29, 1.82) is 0 Å². The number of hydrogen-bond donors (Lipinski definition) is 1.